The number of aromatic nitrogens is 1. The van der Waals surface area contributed by atoms with Crippen LogP contribution in [-0.4, -0.2) is 35.6 Å². The van der Waals surface area contributed by atoms with Crippen molar-refractivity contribution < 1.29 is 14.0 Å². The maximum absolute atomic E-state index is 12.4. The molecule has 0 saturated carbocycles. The number of nitrogens with one attached hydrogen (secondary N) is 1. The van der Waals surface area contributed by atoms with E-state index in [2.05, 4.69) is 10.3 Å². The van der Waals surface area contributed by atoms with Crippen LogP contribution in [0.25, 0.3) is 11.5 Å². The molecule has 1 aromatic heterocycles. The van der Waals surface area contributed by atoms with Gasteiger partial charge in [0.15, 0.2) is 0 Å². The highest BCUT2D eigenvalue weighted by molar-refractivity contribution is 8.00. The number of anilines is 1. The Balaban J connectivity index is 1.31. The topological polar surface area (TPSA) is 75.4 Å². The molecule has 0 unspecified atom stereocenters. The number of carbonyl (C=O) groups is 2. The fourth-order valence-electron chi connectivity index (χ4n) is 3.11. The third-order valence-corrected chi connectivity index (χ3v) is 5.71. The van der Waals surface area contributed by atoms with Crippen LogP contribution in [0.15, 0.2) is 64.1 Å². The molecule has 4 rings (SSSR count). The van der Waals surface area contributed by atoms with Gasteiger partial charge in [0.2, 0.25) is 17.7 Å². The summed E-state index contributed by atoms with van der Waals surface area (Å²) in [7, 11) is 0. The molecule has 6 nitrogen and oxygen atoms in total. The van der Waals surface area contributed by atoms with Gasteiger partial charge in [0, 0.05) is 23.4 Å². The van der Waals surface area contributed by atoms with Crippen molar-refractivity contribution in [3.05, 3.63) is 66.1 Å². The van der Waals surface area contributed by atoms with Crippen molar-refractivity contribution in [1.82, 2.24) is 10.3 Å². The highest BCUT2D eigenvalue weighted by atomic mass is 32.2. The Labute approximate surface area is 173 Å². The third-order valence-electron chi connectivity index (χ3n) is 4.66. The Bertz CT molecular complexity index is 1030. The van der Waals surface area contributed by atoms with E-state index in [0.717, 1.165) is 21.8 Å². The summed E-state index contributed by atoms with van der Waals surface area (Å²) in [5.41, 5.74) is 3.67. The minimum atomic E-state index is -0.192. The van der Waals surface area contributed by atoms with Crippen LogP contribution in [0.4, 0.5) is 5.69 Å². The molecule has 0 fully saturated rings. The number of oxazole rings is 1. The molecule has 0 aliphatic carbocycles. The molecule has 3 aromatic rings. The van der Waals surface area contributed by atoms with E-state index in [0.29, 0.717) is 24.6 Å². The number of nitrogens with zero attached hydrogens (tertiary/aromatic N) is 2. The van der Waals surface area contributed by atoms with E-state index in [-0.39, 0.29) is 18.4 Å². The summed E-state index contributed by atoms with van der Waals surface area (Å²) < 4.78 is 5.54. The Morgan fingerprint density at radius 2 is 2.00 bits per heavy atom. The van der Waals surface area contributed by atoms with E-state index in [4.69, 9.17) is 4.42 Å². The van der Waals surface area contributed by atoms with Crippen molar-refractivity contribution in [2.24, 2.45) is 0 Å². The summed E-state index contributed by atoms with van der Waals surface area (Å²) in [6.07, 6.45) is 2.17. The minimum absolute atomic E-state index is 0.0177. The van der Waals surface area contributed by atoms with Crippen molar-refractivity contribution in [3.8, 4) is 11.5 Å². The molecule has 0 bridgehead atoms. The number of benzene rings is 2. The second-order valence-corrected chi connectivity index (χ2v) is 7.86. The Morgan fingerprint density at radius 3 is 2.83 bits per heavy atom. The molecule has 2 heterocycles. The van der Waals surface area contributed by atoms with E-state index >= 15 is 0 Å². The summed E-state index contributed by atoms with van der Waals surface area (Å²) in [6, 6.07) is 15.6. The third kappa shape index (κ3) is 4.51. The largest absolute Gasteiger partial charge is 0.444 e. The normalized spacial score (nSPS) is 13.3. The van der Waals surface area contributed by atoms with Gasteiger partial charge in [0.25, 0.3) is 0 Å². The number of thioether (sulfide) groups is 1. The fourth-order valence-corrected chi connectivity index (χ4v) is 4.04. The van der Waals surface area contributed by atoms with Crippen LogP contribution in [0.2, 0.25) is 0 Å². The van der Waals surface area contributed by atoms with E-state index in [9.17, 15) is 9.59 Å². The van der Waals surface area contributed by atoms with Crippen molar-refractivity contribution in [1.29, 1.82) is 0 Å². The zero-order chi connectivity index (χ0) is 20.2. The van der Waals surface area contributed by atoms with E-state index in [1.807, 2.05) is 55.5 Å². The molecule has 0 radical (unpaired) electrons. The first-order valence-electron chi connectivity index (χ1n) is 9.40. The predicted molar refractivity (Wildman–Crippen MR) is 113 cm³/mol. The molecule has 2 amide bonds. The standard InChI is InChI=1S/C22H21N3O3S/c1-15-6-8-16(9-7-15)22-24-17(13-28-22)10-11-23-20(26)12-25-18-4-2-3-5-19(18)29-14-21(25)27/h2-9,13H,10-12,14H2,1H3,(H,23,26). The van der Waals surface area contributed by atoms with Gasteiger partial charge < -0.3 is 14.6 Å². The highest BCUT2D eigenvalue weighted by Crippen LogP contribution is 2.34. The lowest BCUT2D eigenvalue weighted by Gasteiger charge is -2.28. The van der Waals surface area contributed by atoms with Crippen LogP contribution in [0.3, 0.4) is 0 Å². The Hall–Kier alpha value is -3.06. The summed E-state index contributed by atoms with van der Waals surface area (Å²) in [5, 5.41) is 2.87. The molecular formula is C22H21N3O3S. The van der Waals surface area contributed by atoms with E-state index in [1.165, 1.54) is 17.3 Å². The van der Waals surface area contributed by atoms with Crippen LogP contribution >= 0.6 is 11.8 Å². The van der Waals surface area contributed by atoms with Gasteiger partial charge in [0.1, 0.15) is 12.8 Å². The van der Waals surface area contributed by atoms with Crippen molar-refractivity contribution in [3.63, 3.8) is 0 Å². The smallest absolute Gasteiger partial charge is 0.240 e. The van der Waals surface area contributed by atoms with Gasteiger partial charge >= 0.3 is 0 Å². The Morgan fingerprint density at radius 1 is 1.21 bits per heavy atom. The van der Waals surface area contributed by atoms with Gasteiger partial charge in [-0.1, -0.05) is 29.8 Å². The lowest BCUT2D eigenvalue weighted by molar-refractivity contribution is -0.122. The average molecular weight is 407 g/mol. The molecule has 148 valence electrons. The number of para-hydroxylation sites is 1. The molecule has 1 aliphatic rings. The second kappa shape index (κ2) is 8.53. The molecule has 0 saturated heterocycles. The van der Waals surface area contributed by atoms with Gasteiger partial charge in [-0.2, -0.15) is 0 Å². The lowest BCUT2D eigenvalue weighted by atomic mass is 10.1. The van der Waals surface area contributed by atoms with E-state index in [1.54, 1.807) is 11.2 Å². The van der Waals surface area contributed by atoms with Crippen LogP contribution < -0.4 is 10.2 Å². The number of fused-ring (bicyclic) bond motifs is 1. The van der Waals surface area contributed by atoms with Gasteiger partial charge in [-0.05, 0) is 31.2 Å². The molecule has 0 spiro atoms. The molecule has 1 aliphatic heterocycles. The van der Waals surface area contributed by atoms with Crippen molar-refractivity contribution in [2.45, 2.75) is 18.2 Å². The summed E-state index contributed by atoms with van der Waals surface area (Å²) in [6.45, 7) is 2.48. The maximum Gasteiger partial charge on any atom is 0.240 e. The maximum atomic E-state index is 12.4. The number of hydrogen-bond donors (Lipinski definition) is 1. The van der Waals surface area contributed by atoms with Crippen LogP contribution in [-0.2, 0) is 16.0 Å². The number of hydrogen-bond acceptors (Lipinski definition) is 5. The first-order valence-corrected chi connectivity index (χ1v) is 10.4. The first-order chi connectivity index (χ1) is 14.1. The number of rotatable bonds is 6. The van der Waals surface area contributed by atoms with Gasteiger partial charge in [0.05, 0.1) is 17.1 Å². The monoisotopic (exact) mass is 407 g/mol. The van der Waals surface area contributed by atoms with Gasteiger partial charge in [-0.3, -0.25) is 9.59 Å². The van der Waals surface area contributed by atoms with Crippen LogP contribution in [0.1, 0.15) is 11.3 Å². The van der Waals surface area contributed by atoms with Gasteiger partial charge in [-0.15, -0.1) is 11.8 Å². The van der Waals surface area contributed by atoms with Gasteiger partial charge in [-0.25, -0.2) is 4.98 Å². The number of carbonyl (C=O) groups excluding carboxylic acids is 2. The van der Waals surface area contributed by atoms with Crippen LogP contribution in [0, 0.1) is 6.92 Å². The van der Waals surface area contributed by atoms with E-state index < -0.39 is 0 Å². The highest BCUT2D eigenvalue weighted by Gasteiger charge is 2.26. The first kappa shape index (κ1) is 19.3. The van der Waals surface area contributed by atoms with Crippen molar-refractivity contribution in [2.75, 3.05) is 23.7 Å². The summed E-state index contributed by atoms with van der Waals surface area (Å²) in [5.74, 6) is 0.676. The average Bonchev–Trinajstić information content (AvgIpc) is 3.19. The molecule has 1 N–H and O–H groups in total. The fraction of sp³-hybridized carbons (Fsp3) is 0.227. The predicted octanol–water partition coefficient (Wildman–Crippen LogP) is 3.45. The SMILES string of the molecule is Cc1ccc(-c2nc(CCNC(=O)CN3C(=O)CSc4ccccc43)co2)cc1. The lowest BCUT2D eigenvalue weighted by Crippen LogP contribution is -2.43. The molecule has 0 atom stereocenters. The summed E-state index contributed by atoms with van der Waals surface area (Å²) >= 11 is 1.50. The number of aryl methyl sites for hydroxylation is 1. The quantitative estimate of drug-likeness (QED) is 0.677. The zero-order valence-electron chi connectivity index (χ0n) is 16.1. The zero-order valence-corrected chi connectivity index (χ0v) is 16.9. The number of amides is 2. The Kier molecular flexibility index (Phi) is 5.67. The molecule has 2 aromatic carbocycles. The minimum Gasteiger partial charge on any atom is -0.444 e. The molecule has 29 heavy (non-hydrogen) atoms. The van der Waals surface area contributed by atoms with Crippen LogP contribution in [0.5, 0.6) is 0 Å². The summed E-state index contributed by atoms with van der Waals surface area (Å²) in [4.78, 5) is 31.7. The van der Waals surface area contributed by atoms with Crippen molar-refractivity contribution >= 4 is 29.3 Å². The molecule has 7 heteroatoms. The second-order valence-electron chi connectivity index (χ2n) is 6.85. The molecular weight excluding hydrogens is 386 g/mol.